The lowest BCUT2D eigenvalue weighted by molar-refractivity contribution is -0.125. The van der Waals surface area contributed by atoms with Crippen molar-refractivity contribution in [2.24, 2.45) is 5.92 Å². The lowest BCUT2D eigenvalue weighted by Gasteiger charge is -2.18. The van der Waals surface area contributed by atoms with Crippen LogP contribution in [0.5, 0.6) is 5.75 Å². The molecule has 6 nitrogen and oxygen atoms in total. The first-order valence-corrected chi connectivity index (χ1v) is 7.82. The van der Waals surface area contributed by atoms with Gasteiger partial charge in [-0.25, -0.2) is 0 Å². The Bertz CT molecular complexity index is 535. The molecule has 2 rings (SSSR count). The number of carbonyl (C=O) groups is 1. The predicted molar refractivity (Wildman–Crippen MR) is 87.4 cm³/mol. The molecule has 2 unspecified atom stereocenters. The highest BCUT2D eigenvalue weighted by Gasteiger charge is 2.33. The van der Waals surface area contributed by atoms with Gasteiger partial charge in [0.25, 0.3) is 0 Å². The van der Waals surface area contributed by atoms with Gasteiger partial charge in [-0.2, -0.15) is 0 Å². The zero-order valence-electron chi connectivity index (χ0n) is 14.0. The van der Waals surface area contributed by atoms with Crippen LogP contribution in [-0.4, -0.2) is 62.5 Å². The molecule has 1 aromatic rings. The van der Waals surface area contributed by atoms with Gasteiger partial charge in [0.2, 0.25) is 5.91 Å². The second-order valence-electron chi connectivity index (χ2n) is 6.05. The number of methoxy groups -OCH3 is 2. The molecule has 6 heteroatoms. The molecule has 0 radical (unpaired) electrons. The molecule has 1 amide bonds. The van der Waals surface area contributed by atoms with Crippen molar-refractivity contribution in [3.63, 3.8) is 0 Å². The summed E-state index contributed by atoms with van der Waals surface area (Å²) in [4.78, 5) is 13.9. The zero-order chi connectivity index (χ0) is 16.8. The Morgan fingerprint density at radius 3 is 2.78 bits per heavy atom. The van der Waals surface area contributed by atoms with E-state index >= 15 is 0 Å². The van der Waals surface area contributed by atoms with E-state index in [0.29, 0.717) is 0 Å². The maximum atomic E-state index is 11.7. The average Bonchev–Trinajstić information content (AvgIpc) is 2.89. The number of aliphatic hydroxyl groups is 1. The van der Waals surface area contributed by atoms with E-state index < -0.39 is 0 Å². The minimum atomic E-state index is -0.141. The number of rotatable bonds is 7. The summed E-state index contributed by atoms with van der Waals surface area (Å²) in [5, 5.41) is 12.5. The fourth-order valence-corrected chi connectivity index (χ4v) is 3.11. The maximum Gasteiger partial charge on any atom is 0.246 e. The van der Waals surface area contributed by atoms with Gasteiger partial charge in [-0.05, 0) is 24.1 Å². The number of aryl methyl sites for hydroxylation is 1. The quantitative estimate of drug-likeness (QED) is 0.767. The van der Waals surface area contributed by atoms with Crippen molar-refractivity contribution in [2.45, 2.75) is 19.5 Å². The number of nitrogens with one attached hydrogen (secondary N) is 1. The van der Waals surface area contributed by atoms with Gasteiger partial charge in [-0.1, -0.05) is 12.1 Å². The molecule has 0 bridgehead atoms. The molecule has 1 aliphatic heterocycles. The van der Waals surface area contributed by atoms with Crippen molar-refractivity contribution < 1.29 is 19.4 Å². The van der Waals surface area contributed by atoms with E-state index in [1.165, 1.54) is 12.7 Å². The molecular formula is C17H26N2O4. The topological polar surface area (TPSA) is 71.0 Å². The summed E-state index contributed by atoms with van der Waals surface area (Å²) >= 11 is 0. The first-order valence-electron chi connectivity index (χ1n) is 7.82. The third-order valence-electron chi connectivity index (χ3n) is 4.24. The molecule has 0 spiro atoms. The number of hydrogen-bond donors (Lipinski definition) is 2. The van der Waals surface area contributed by atoms with Gasteiger partial charge in [-0.15, -0.1) is 0 Å². The van der Waals surface area contributed by atoms with Crippen LogP contribution in [0.3, 0.4) is 0 Å². The fourth-order valence-electron chi connectivity index (χ4n) is 3.11. The molecule has 0 aliphatic carbocycles. The van der Waals surface area contributed by atoms with Gasteiger partial charge in [-0.3, -0.25) is 9.69 Å². The van der Waals surface area contributed by atoms with Crippen LogP contribution in [0.15, 0.2) is 18.2 Å². The highest BCUT2D eigenvalue weighted by molar-refractivity contribution is 5.77. The van der Waals surface area contributed by atoms with Gasteiger partial charge in [0.15, 0.2) is 0 Å². The van der Waals surface area contributed by atoms with E-state index in [9.17, 15) is 9.90 Å². The molecule has 2 N–H and O–H groups in total. The summed E-state index contributed by atoms with van der Waals surface area (Å²) in [6, 6.07) is 6.10. The Balaban J connectivity index is 1.96. The lowest BCUT2D eigenvalue weighted by Crippen LogP contribution is -2.43. The van der Waals surface area contributed by atoms with E-state index in [1.807, 2.05) is 13.0 Å². The number of amides is 1. The van der Waals surface area contributed by atoms with Crippen molar-refractivity contribution in [2.75, 3.05) is 40.5 Å². The highest BCUT2D eigenvalue weighted by Crippen LogP contribution is 2.22. The Kier molecular flexibility index (Phi) is 6.38. The van der Waals surface area contributed by atoms with Crippen molar-refractivity contribution >= 4 is 5.91 Å². The van der Waals surface area contributed by atoms with E-state index in [0.717, 1.165) is 30.9 Å². The van der Waals surface area contributed by atoms with E-state index in [4.69, 9.17) is 9.47 Å². The van der Waals surface area contributed by atoms with E-state index in [-0.39, 0.29) is 31.1 Å². The third-order valence-corrected chi connectivity index (χ3v) is 4.24. The summed E-state index contributed by atoms with van der Waals surface area (Å²) in [5.41, 5.74) is 2.30. The van der Waals surface area contributed by atoms with E-state index in [2.05, 4.69) is 22.3 Å². The average molecular weight is 322 g/mol. The Morgan fingerprint density at radius 2 is 2.17 bits per heavy atom. The van der Waals surface area contributed by atoms with Crippen LogP contribution in [0.2, 0.25) is 0 Å². The molecule has 0 saturated carbocycles. The van der Waals surface area contributed by atoms with Crippen LogP contribution in [0.25, 0.3) is 0 Å². The number of benzene rings is 1. The Morgan fingerprint density at radius 1 is 1.39 bits per heavy atom. The number of nitrogens with zero attached hydrogens (tertiary/aromatic N) is 1. The summed E-state index contributed by atoms with van der Waals surface area (Å²) in [7, 11) is 3.16. The van der Waals surface area contributed by atoms with Gasteiger partial charge in [0.05, 0.1) is 7.11 Å². The number of ether oxygens (including phenoxy) is 2. The van der Waals surface area contributed by atoms with Gasteiger partial charge < -0.3 is 19.9 Å². The number of hydrogen-bond acceptors (Lipinski definition) is 5. The molecule has 0 aromatic heterocycles. The van der Waals surface area contributed by atoms with Crippen LogP contribution in [0.1, 0.15) is 11.1 Å². The smallest absolute Gasteiger partial charge is 0.246 e. The third kappa shape index (κ3) is 4.67. The molecule has 2 atom stereocenters. The molecule has 1 aliphatic rings. The lowest BCUT2D eigenvalue weighted by atomic mass is 10.1. The van der Waals surface area contributed by atoms with Crippen LogP contribution >= 0.6 is 0 Å². The fraction of sp³-hybridized carbons (Fsp3) is 0.588. The van der Waals surface area contributed by atoms with Crippen molar-refractivity contribution in [1.29, 1.82) is 0 Å². The van der Waals surface area contributed by atoms with Crippen molar-refractivity contribution in [1.82, 2.24) is 10.2 Å². The zero-order valence-corrected chi connectivity index (χ0v) is 14.0. The molecule has 23 heavy (non-hydrogen) atoms. The summed E-state index contributed by atoms with van der Waals surface area (Å²) < 4.78 is 10.1. The second kappa shape index (κ2) is 8.29. The molecular weight excluding hydrogens is 296 g/mol. The number of likely N-dealkylation sites (tertiary alicyclic amines) is 1. The normalized spacial score (nSPS) is 21.4. The van der Waals surface area contributed by atoms with Gasteiger partial charge >= 0.3 is 0 Å². The monoisotopic (exact) mass is 322 g/mol. The minimum absolute atomic E-state index is 0.0398. The van der Waals surface area contributed by atoms with Gasteiger partial charge in [0.1, 0.15) is 12.4 Å². The van der Waals surface area contributed by atoms with Gasteiger partial charge in [0, 0.05) is 45.3 Å². The van der Waals surface area contributed by atoms with E-state index in [1.54, 1.807) is 7.11 Å². The van der Waals surface area contributed by atoms with Crippen LogP contribution in [-0.2, 0) is 16.1 Å². The highest BCUT2D eigenvalue weighted by atomic mass is 16.5. The van der Waals surface area contributed by atoms with Crippen LogP contribution in [0.4, 0.5) is 0 Å². The predicted octanol–water partition coefficient (Wildman–Crippen LogP) is 0.559. The SMILES string of the molecule is COCC(=O)NC1CN(Cc2ccc(OC)c(C)c2)CC1CO. The van der Waals surface area contributed by atoms with Crippen LogP contribution < -0.4 is 10.1 Å². The van der Waals surface area contributed by atoms with Crippen molar-refractivity contribution in [3.05, 3.63) is 29.3 Å². The molecule has 1 saturated heterocycles. The Labute approximate surface area is 137 Å². The van der Waals surface area contributed by atoms with Crippen LogP contribution in [0, 0.1) is 12.8 Å². The molecule has 128 valence electrons. The largest absolute Gasteiger partial charge is 0.496 e. The summed E-state index contributed by atoms with van der Waals surface area (Å²) in [5.74, 6) is 0.793. The number of aliphatic hydroxyl groups excluding tert-OH is 1. The standard InChI is InChI=1S/C17H26N2O4/c1-12-6-13(4-5-16(12)23-3)7-19-8-14(10-20)15(9-19)18-17(21)11-22-2/h4-6,14-15,20H,7-11H2,1-3H3,(H,18,21). The summed E-state index contributed by atoms with van der Waals surface area (Å²) in [6.07, 6.45) is 0. The first kappa shape index (κ1) is 17.7. The first-order chi connectivity index (χ1) is 11.1. The number of carbonyl (C=O) groups excluding carboxylic acids is 1. The molecule has 1 heterocycles. The Hall–Kier alpha value is -1.63. The maximum absolute atomic E-state index is 11.7. The summed E-state index contributed by atoms with van der Waals surface area (Å²) in [6.45, 7) is 4.42. The second-order valence-corrected chi connectivity index (χ2v) is 6.05. The molecule has 1 aromatic carbocycles. The van der Waals surface area contributed by atoms with Crippen molar-refractivity contribution in [3.8, 4) is 5.75 Å². The molecule has 1 fully saturated rings. The minimum Gasteiger partial charge on any atom is -0.496 e.